The van der Waals surface area contributed by atoms with Crippen molar-refractivity contribution in [3.63, 3.8) is 0 Å². The Labute approximate surface area is 115 Å². The summed E-state index contributed by atoms with van der Waals surface area (Å²) in [6.07, 6.45) is 3.96. The van der Waals surface area contributed by atoms with Gasteiger partial charge in [-0.1, -0.05) is 20.3 Å². The third-order valence-corrected chi connectivity index (χ3v) is 3.86. The van der Waals surface area contributed by atoms with E-state index in [2.05, 4.69) is 17.6 Å². The number of piperidine rings is 1. The number of carboxylic acids is 1. The zero-order valence-electron chi connectivity index (χ0n) is 11.9. The van der Waals surface area contributed by atoms with Gasteiger partial charge >= 0.3 is 5.97 Å². The Morgan fingerprint density at radius 1 is 1.47 bits per heavy atom. The summed E-state index contributed by atoms with van der Waals surface area (Å²) < 4.78 is 0. The van der Waals surface area contributed by atoms with Crippen molar-refractivity contribution in [2.75, 3.05) is 13.1 Å². The Hall–Kier alpha value is -1.10. The molecule has 1 heterocycles. The van der Waals surface area contributed by atoms with Crippen LogP contribution in [0.3, 0.4) is 0 Å². The Morgan fingerprint density at radius 3 is 2.74 bits per heavy atom. The van der Waals surface area contributed by atoms with Gasteiger partial charge in [-0.15, -0.1) is 0 Å². The van der Waals surface area contributed by atoms with E-state index in [9.17, 15) is 9.59 Å². The van der Waals surface area contributed by atoms with Gasteiger partial charge in [0.15, 0.2) is 0 Å². The molecule has 19 heavy (non-hydrogen) atoms. The van der Waals surface area contributed by atoms with Crippen molar-refractivity contribution < 1.29 is 14.7 Å². The summed E-state index contributed by atoms with van der Waals surface area (Å²) in [5.74, 6) is -0.265. The number of amides is 1. The van der Waals surface area contributed by atoms with Crippen LogP contribution in [0.5, 0.6) is 0 Å². The zero-order chi connectivity index (χ0) is 14.3. The normalized spacial score (nSPS) is 22.5. The van der Waals surface area contributed by atoms with Crippen LogP contribution in [-0.2, 0) is 9.59 Å². The number of rotatable bonds is 7. The van der Waals surface area contributed by atoms with Crippen molar-refractivity contribution in [3.8, 4) is 0 Å². The molecular weight excluding hydrogens is 244 g/mol. The van der Waals surface area contributed by atoms with E-state index in [1.54, 1.807) is 0 Å². The van der Waals surface area contributed by atoms with Crippen LogP contribution in [0.1, 0.15) is 46.0 Å². The van der Waals surface area contributed by atoms with Crippen molar-refractivity contribution in [1.82, 2.24) is 10.6 Å². The summed E-state index contributed by atoms with van der Waals surface area (Å²) in [7, 11) is 0. The van der Waals surface area contributed by atoms with Crippen molar-refractivity contribution in [2.24, 2.45) is 11.8 Å². The van der Waals surface area contributed by atoms with Crippen LogP contribution in [-0.4, -0.2) is 36.1 Å². The highest BCUT2D eigenvalue weighted by Crippen LogP contribution is 2.22. The van der Waals surface area contributed by atoms with Gasteiger partial charge in [0.2, 0.25) is 5.91 Å². The number of aliphatic carboxylic acids is 1. The molecule has 0 aromatic carbocycles. The Bertz CT molecular complexity index is 301. The summed E-state index contributed by atoms with van der Waals surface area (Å²) in [6.45, 7) is 6.02. The van der Waals surface area contributed by atoms with E-state index in [0.717, 1.165) is 32.4 Å². The lowest BCUT2D eigenvalue weighted by Gasteiger charge is -2.28. The second-order valence-corrected chi connectivity index (χ2v) is 5.53. The predicted octanol–water partition coefficient (Wildman–Crippen LogP) is 1.38. The van der Waals surface area contributed by atoms with Gasteiger partial charge in [0.05, 0.1) is 0 Å². The van der Waals surface area contributed by atoms with Crippen molar-refractivity contribution in [3.05, 3.63) is 0 Å². The lowest BCUT2D eigenvalue weighted by molar-refractivity contribution is -0.142. The van der Waals surface area contributed by atoms with E-state index < -0.39 is 12.0 Å². The van der Waals surface area contributed by atoms with E-state index >= 15 is 0 Å². The van der Waals surface area contributed by atoms with Crippen LogP contribution in [0, 0.1) is 11.8 Å². The number of hydrogen-bond donors (Lipinski definition) is 3. The molecule has 0 radical (unpaired) electrons. The quantitative estimate of drug-likeness (QED) is 0.653. The maximum atomic E-state index is 11.9. The molecule has 110 valence electrons. The van der Waals surface area contributed by atoms with Gasteiger partial charge in [-0.05, 0) is 44.2 Å². The Kier molecular flexibility index (Phi) is 6.84. The molecule has 3 N–H and O–H groups in total. The van der Waals surface area contributed by atoms with Gasteiger partial charge in [0.1, 0.15) is 6.04 Å². The number of carbonyl (C=O) groups excluding carboxylic acids is 1. The highest BCUT2D eigenvalue weighted by Gasteiger charge is 2.24. The van der Waals surface area contributed by atoms with E-state index in [-0.39, 0.29) is 5.91 Å². The smallest absolute Gasteiger partial charge is 0.326 e. The summed E-state index contributed by atoms with van der Waals surface area (Å²) in [4.78, 5) is 22.9. The largest absolute Gasteiger partial charge is 0.480 e. The summed E-state index contributed by atoms with van der Waals surface area (Å²) in [5, 5.41) is 15.0. The minimum Gasteiger partial charge on any atom is -0.480 e. The Balaban J connectivity index is 2.38. The van der Waals surface area contributed by atoms with Crippen LogP contribution < -0.4 is 10.6 Å². The molecule has 1 aliphatic heterocycles. The molecule has 0 aliphatic carbocycles. The lowest BCUT2D eigenvalue weighted by Crippen LogP contribution is -2.42. The second-order valence-electron chi connectivity index (χ2n) is 5.53. The molecule has 5 nitrogen and oxygen atoms in total. The molecule has 1 amide bonds. The molecule has 1 fully saturated rings. The molecular formula is C14H26N2O3. The van der Waals surface area contributed by atoms with Gasteiger partial charge in [-0.25, -0.2) is 4.79 Å². The molecule has 1 saturated heterocycles. The molecule has 3 atom stereocenters. The third-order valence-electron chi connectivity index (χ3n) is 3.86. The molecule has 1 aliphatic rings. The van der Waals surface area contributed by atoms with Gasteiger partial charge < -0.3 is 15.7 Å². The van der Waals surface area contributed by atoms with Gasteiger partial charge in [-0.3, -0.25) is 4.79 Å². The number of carbonyl (C=O) groups is 2. The standard InChI is InChI=1S/C14H26N2O3/c1-3-5-12(14(18)19)16-13(17)8-10(2)11-6-4-7-15-9-11/h10-12,15H,3-9H2,1-2H3,(H,16,17)(H,18,19)/t10?,11?,12-/m0/s1. The maximum absolute atomic E-state index is 11.9. The summed E-state index contributed by atoms with van der Waals surface area (Å²) in [5.41, 5.74) is 0. The highest BCUT2D eigenvalue weighted by atomic mass is 16.4. The molecule has 1 rings (SSSR count). The first kappa shape index (κ1) is 16.0. The average Bonchev–Trinajstić information content (AvgIpc) is 2.39. The van der Waals surface area contributed by atoms with Gasteiger partial charge in [0.25, 0.3) is 0 Å². The van der Waals surface area contributed by atoms with E-state index in [1.165, 1.54) is 0 Å². The van der Waals surface area contributed by atoms with Crippen molar-refractivity contribution in [2.45, 2.75) is 52.0 Å². The van der Waals surface area contributed by atoms with Gasteiger partial charge in [0, 0.05) is 6.42 Å². The van der Waals surface area contributed by atoms with Crippen molar-refractivity contribution in [1.29, 1.82) is 0 Å². The van der Waals surface area contributed by atoms with Crippen LogP contribution in [0.15, 0.2) is 0 Å². The van der Waals surface area contributed by atoms with Crippen molar-refractivity contribution >= 4 is 11.9 Å². The van der Waals surface area contributed by atoms with Crippen LogP contribution >= 0.6 is 0 Å². The van der Waals surface area contributed by atoms with E-state index in [4.69, 9.17) is 5.11 Å². The predicted molar refractivity (Wildman–Crippen MR) is 73.8 cm³/mol. The number of carboxylic acid groups (broad SMARTS) is 1. The first-order valence-corrected chi connectivity index (χ1v) is 7.27. The molecule has 0 saturated carbocycles. The maximum Gasteiger partial charge on any atom is 0.326 e. The van der Waals surface area contributed by atoms with Gasteiger partial charge in [-0.2, -0.15) is 0 Å². The zero-order valence-corrected chi connectivity index (χ0v) is 11.9. The van der Waals surface area contributed by atoms with Crippen LogP contribution in [0.2, 0.25) is 0 Å². The van der Waals surface area contributed by atoms with Crippen LogP contribution in [0.25, 0.3) is 0 Å². The lowest BCUT2D eigenvalue weighted by atomic mass is 9.85. The van der Waals surface area contributed by atoms with E-state index in [1.807, 2.05) is 6.92 Å². The minimum absolute atomic E-state index is 0.140. The molecule has 2 unspecified atom stereocenters. The molecule has 5 heteroatoms. The fourth-order valence-electron chi connectivity index (χ4n) is 2.62. The summed E-state index contributed by atoms with van der Waals surface area (Å²) >= 11 is 0. The molecule has 0 aromatic heterocycles. The number of nitrogens with one attached hydrogen (secondary N) is 2. The first-order valence-electron chi connectivity index (χ1n) is 7.27. The first-order chi connectivity index (χ1) is 9.04. The number of hydrogen-bond acceptors (Lipinski definition) is 3. The Morgan fingerprint density at radius 2 is 2.21 bits per heavy atom. The fraction of sp³-hybridized carbons (Fsp3) is 0.857. The SMILES string of the molecule is CCC[C@H](NC(=O)CC(C)C1CCCNC1)C(=O)O. The fourth-order valence-corrected chi connectivity index (χ4v) is 2.62. The monoisotopic (exact) mass is 270 g/mol. The highest BCUT2D eigenvalue weighted by molar-refractivity contribution is 5.83. The van der Waals surface area contributed by atoms with E-state index in [0.29, 0.717) is 24.7 Å². The summed E-state index contributed by atoms with van der Waals surface area (Å²) in [6, 6.07) is -0.741. The van der Waals surface area contributed by atoms with Crippen LogP contribution in [0.4, 0.5) is 0 Å². The minimum atomic E-state index is -0.942. The second kappa shape index (κ2) is 8.15. The third kappa shape index (κ3) is 5.59. The molecule has 0 aromatic rings. The topological polar surface area (TPSA) is 78.4 Å². The molecule has 0 bridgehead atoms. The average molecular weight is 270 g/mol. The molecule has 0 spiro atoms.